The number of hydrogen-bond acceptors (Lipinski definition) is 5. The summed E-state index contributed by atoms with van der Waals surface area (Å²) in [5.74, 6) is 0.769. The molecule has 0 unspecified atom stereocenters. The van der Waals surface area contributed by atoms with Crippen LogP contribution < -0.4 is 15.6 Å². The number of rotatable bonds is 8. The summed E-state index contributed by atoms with van der Waals surface area (Å²) in [6.07, 6.45) is 9.00. The summed E-state index contributed by atoms with van der Waals surface area (Å²) >= 11 is 12.6. The van der Waals surface area contributed by atoms with E-state index in [2.05, 4.69) is 26.5 Å². The molecule has 0 spiro atoms. The summed E-state index contributed by atoms with van der Waals surface area (Å²) < 4.78 is 7.28. The molecule has 40 heavy (non-hydrogen) atoms. The molecule has 0 radical (unpaired) electrons. The number of H-pyrrole nitrogens is 1. The molecule has 0 atom stereocenters. The van der Waals surface area contributed by atoms with Gasteiger partial charge in [0.2, 0.25) is 0 Å². The van der Waals surface area contributed by atoms with Crippen molar-refractivity contribution in [2.45, 2.75) is 38.7 Å². The van der Waals surface area contributed by atoms with Crippen molar-refractivity contribution < 1.29 is 9.53 Å². The Balaban J connectivity index is 1.19. The standard InChI is InChI=1S/C30H27Cl2N5O3/c31-21-12-10-20(11-13-21)30(14-5-15-30)18-33-28(39)26-23(32)8-4-9-24(26)40-17-22-16-25(38)37-29(34-22)35-27(36-37)19-6-2-1-3-7-19/h1-4,6-10,12,16H,5,11,13-15,17-18H2,(H,33,39)(H,34,35,36). The molecule has 2 aromatic heterocycles. The Morgan fingerprint density at radius 3 is 2.60 bits per heavy atom. The Hall–Kier alpha value is -3.88. The van der Waals surface area contributed by atoms with Crippen LogP contribution in [0.2, 0.25) is 5.02 Å². The smallest absolute Gasteiger partial charge is 0.274 e. The van der Waals surface area contributed by atoms with Crippen LogP contribution in [0.15, 0.2) is 82.1 Å². The molecule has 4 aromatic rings. The molecular formula is C30H27Cl2N5O3. The first-order valence-corrected chi connectivity index (χ1v) is 14.0. The number of fused-ring (bicyclic) bond motifs is 1. The van der Waals surface area contributed by atoms with Gasteiger partial charge in [0.25, 0.3) is 17.2 Å². The first-order valence-electron chi connectivity index (χ1n) is 13.2. The first kappa shape index (κ1) is 26.3. The number of nitrogens with zero attached hydrogens (tertiary/aromatic N) is 3. The number of carbonyl (C=O) groups excluding carboxylic acids is 1. The normalized spacial score (nSPS) is 16.1. The van der Waals surface area contributed by atoms with E-state index in [1.807, 2.05) is 36.4 Å². The molecule has 2 heterocycles. The number of nitrogens with one attached hydrogen (secondary N) is 2. The predicted octanol–water partition coefficient (Wildman–Crippen LogP) is 6.06. The van der Waals surface area contributed by atoms with Gasteiger partial charge in [0, 0.05) is 28.6 Å². The number of amides is 1. The topological polar surface area (TPSA) is 101 Å². The van der Waals surface area contributed by atoms with Gasteiger partial charge in [0.15, 0.2) is 5.82 Å². The van der Waals surface area contributed by atoms with Gasteiger partial charge in [-0.05, 0) is 43.9 Å². The summed E-state index contributed by atoms with van der Waals surface area (Å²) in [5, 5.41) is 7.23. The van der Waals surface area contributed by atoms with Crippen LogP contribution in [-0.2, 0) is 6.61 Å². The van der Waals surface area contributed by atoms with Crippen LogP contribution in [0.25, 0.3) is 17.2 Å². The number of aromatic nitrogens is 4. The van der Waals surface area contributed by atoms with E-state index in [-0.39, 0.29) is 39.9 Å². The van der Waals surface area contributed by atoms with Crippen LogP contribution in [0.1, 0.15) is 48.2 Å². The Morgan fingerprint density at radius 2 is 1.88 bits per heavy atom. The lowest BCUT2D eigenvalue weighted by Crippen LogP contribution is -2.43. The van der Waals surface area contributed by atoms with Gasteiger partial charge in [-0.25, -0.2) is 4.98 Å². The molecule has 1 saturated carbocycles. The van der Waals surface area contributed by atoms with Crippen LogP contribution in [0.4, 0.5) is 0 Å². The highest BCUT2D eigenvalue weighted by atomic mass is 35.5. The number of aromatic amines is 1. The fraction of sp³-hybridized carbons (Fsp3) is 0.267. The second kappa shape index (κ2) is 10.9. The maximum absolute atomic E-state index is 13.4. The largest absolute Gasteiger partial charge is 0.486 e. The van der Waals surface area contributed by atoms with Crippen molar-refractivity contribution in [3.05, 3.63) is 104 Å². The minimum absolute atomic E-state index is 0.0379. The zero-order valence-electron chi connectivity index (χ0n) is 21.6. The lowest BCUT2D eigenvalue weighted by molar-refractivity contribution is 0.0900. The van der Waals surface area contributed by atoms with E-state index < -0.39 is 0 Å². The van der Waals surface area contributed by atoms with Crippen molar-refractivity contribution in [1.82, 2.24) is 24.9 Å². The minimum atomic E-state index is -0.318. The quantitative estimate of drug-likeness (QED) is 0.266. The lowest BCUT2D eigenvalue weighted by atomic mass is 9.62. The van der Waals surface area contributed by atoms with Gasteiger partial charge in [0.05, 0.1) is 16.3 Å². The van der Waals surface area contributed by atoms with Crippen molar-refractivity contribution in [2.24, 2.45) is 5.41 Å². The highest BCUT2D eigenvalue weighted by Gasteiger charge is 2.40. The molecule has 2 aliphatic carbocycles. The molecule has 204 valence electrons. The van der Waals surface area contributed by atoms with Gasteiger partial charge < -0.3 is 10.1 Å². The van der Waals surface area contributed by atoms with Crippen molar-refractivity contribution in [3.63, 3.8) is 0 Å². The highest BCUT2D eigenvalue weighted by Crippen LogP contribution is 2.49. The minimum Gasteiger partial charge on any atom is -0.486 e. The SMILES string of the molecule is O=C(NCC1(C2=CC=C(Cl)CC2)CCC1)c1c(Cl)cccc1OCc1cc(=O)n2[nH]c(-c3ccccc3)nc2n1. The van der Waals surface area contributed by atoms with Crippen molar-refractivity contribution >= 4 is 34.9 Å². The number of ether oxygens (including phenoxy) is 1. The Bertz CT molecular complexity index is 1700. The summed E-state index contributed by atoms with van der Waals surface area (Å²) in [6.45, 7) is 0.482. The zero-order valence-corrected chi connectivity index (χ0v) is 23.1. The average Bonchev–Trinajstić information content (AvgIpc) is 3.38. The van der Waals surface area contributed by atoms with Crippen LogP contribution >= 0.6 is 23.2 Å². The van der Waals surface area contributed by atoms with Crippen molar-refractivity contribution in [1.29, 1.82) is 0 Å². The maximum Gasteiger partial charge on any atom is 0.274 e. The third kappa shape index (κ3) is 5.17. The number of halogens is 2. The Morgan fingerprint density at radius 1 is 1.05 bits per heavy atom. The van der Waals surface area contributed by atoms with Crippen molar-refractivity contribution in [2.75, 3.05) is 6.54 Å². The van der Waals surface area contributed by atoms with E-state index in [0.717, 1.165) is 42.7 Å². The fourth-order valence-corrected chi connectivity index (χ4v) is 5.74. The summed E-state index contributed by atoms with van der Waals surface area (Å²) in [5.41, 5.74) is 2.44. The molecule has 6 rings (SSSR count). The average molecular weight is 576 g/mol. The molecule has 0 bridgehead atoms. The van der Waals surface area contributed by atoms with Crippen LogP contribution in [-0.4, -0.2) is 32.0 Å². The van der Waals surface area contributed by atoms with Crippen LogP contribution in [0, 0.1) is 5.41 Å². The zero-order chi connectivity index (χ0) is 27.7. The monoisotopic (exact) mass is 575 g/mol. The molecule has 1 amide bonds. The van der Waals surface area contributed by atoms with Gasteiger partial charge in [-0.1, -0.05) is 77.7 Å². The number of carbonyl (C=O) groups is 1. The molecule has 8 nitrogen and oxygen atoms in total. The third-order valence-electron chi connectivity index (χ3n) is 7.69. The molecule has 2 aromatic carbocycles. The molecule has 1 fully saturated rings. The summed E-state index contributed by atoms with van der Waals surface area (Å²) in [4.78, 5) is 35.1. The van der Waals surface area contributed by atoms with Gasteiger partial charge >= 0.3 is 0 Å². The van der Waals surface area contributed by atoms with Gasteiger partial charge in [-0.3, -0.25) is 14.7 Å². The first-order chi connectivity index (χ1) is 19.4. The van der Waals surface area contributed by atoms with Gasteiger partial charge in [0.1, 0.15) is 12.4 Å². The lowest BCUT2D eigenvalue weighted by Gasteiger charge is -2.45. The summed E-state index contributed by atoms with van der Waals surface area (Å²) in [6, 6.07) is 15.9. The van der Waals surface area contributed by atoms with Crippen LogP contribution in [0.3, 0.4) is 0 Å². The number of benzene rings is 2. The van der Waals surface area contributed by atoms with E-state index in [9.17, 15) is 9.59 Å². The fourth-order valence-electron chi connectivity index (χ4n) is 5.33. The summed E-state index contributed by atoms with van der Waals surface area (Å²) in [7, 11) is 0. The molecular weight excluding hydrogens is 549 g/mol. The molecule has 0 saturated heterocycles. The second-order valence-corrected chi connectivity index (χ2v) is 11.1. The predicted molar refractivity (Wildman–Crippen MR) is 155 cm³/mol. The van der Waals surface area contributed by atoms with Crippen LogP contribution in [0.5, 0.6) is 5.75 Å². The van der Waals surface area contributed by atoms with E-state index in [4.69, 9.17) is 27.9 Å². The van der Waals surface area contributed by atoms with Gasteiger partial charge in [-0.15, -0.1) is 0 Å². The van der Waals surface area contributed by atoms with E-state index in [1.165, 1.54) is 16.2 Å². The maximum atomic E-state index is 13.4. The van der Waals surface area contributed by atoms with E-state index >= 15 is 0 Å². The molecule has 10 heteroatoms. The second-order valence-electron chi connectivity index (χ2n) is 10.2. The van der Waals surface area contributed by atoms with E-state index in [1.54, 1.807) is 18.2 Å². The number of allylic oxidation sites excluding steroid dienone is 3. The Kier molecular flexibility index (Phi) is 7.21. The third-order valence-corrected chi connectivity index (χ3v) is 8.32. The van der Waals surface area contributed by atoms with E-state index in [0.29, 0.717) is 23.8 Å². The van der Waals surface area contributed by atoms with Crippen molar-refractivity contribution in [3.8, 4) is 17.1 Å². The van der Waals surface area contributed by atoms with Gasteiger partial charge in [-0.2, -0.15) is 9.50 Å². The molecule has 0 aliphatic heterocycles. The molecule has 2 aliphatic rings. The Labute approximate surface area is 240 Å². The number of hydrogen-bond donors (Lipinski definition) is 2. The molecule has 2 N–H and O–H groups in total. The highest BCUT2D eigenvalue weighted by molar-refractivity contribution is 6.34.